The summed E-state index contributed by atoms with van der Waals surface area (Å²) in [5.74, 6) is 0.878. The Bertz CT molecular complexity index is 157. The van der Waals surface area contributed by atoms with Crippen LogP contribution in [0.15, 0.2) is 12.2 Å². The molecule has 0 aromatic carbocycles. The number of rotatable bonds is 4. The van der Waals surface area contributed by atoms with Gasteiger partial charge < -0.3 is 5.11 Å². The van der Waals surface area contributed by atoms with E-state index in [2.05, 4.69) is 6.58 Å². The quantitative estimate of drug-likeness (QED) is 0.661. The topological polar surface area (TPSA) is 20.2 Å². The predicted molar refractivity (Wildman–Crippen MR) is 56.6 cm³/mol. The smallest absolute Gasteiger partial charge is 0.0744 e. The maximum Gasteiger partial charge on any atom is 0.0744 e. The second kappa shape index (κ2) is 5.43. The Hall–Kier alpha value is -0.300. The van der Waals surface area contributed by atoms with Crippen LogP contribution in [0.1, 0.15) is 51.9 Å². The fourth-order valence-corrected chi connectivity index (χ4v) is 2.12. The molecule has 0 unspecified atom stereocenters. The first kappa shape index (κ1) is 10.8. The lowest BCUT2D eigenvalue weighted by Crippen LogP contribution is -2.12. The van der Waals surface area contributed by atoms with Crippen LogP contribution in [0.5, 0.6) is 0 Å². The number of hydrogen-bond acceptors (Lipinski definition) is 1. The zero-order chi connectivity index (χ0) is 9.68. The van der Waals surface area contributed by atoms with Gasteiger partial charge in [0.05, 0.1) is 6.10 Å². The average Bonchev–Trinajstić information content (AvgIpc) is 2.15. The zero-order valence-corrected chi connectivity index (χ0v) is 8.76. The van der Waals surface area contributed by atoms with Gasteiger partial charge in [-0.05, 0) is 25.7 Å². The Kier molecular flexibility index (Phi) is 4.51. The lowest BCUT2D eigenvalue weighted by molar-refractivity contribution is 0.181. The molecule has 0 heterocycles. The molecule has 0 saturated heterocycles. The van der Waals surface area contributed by atoms with E-state index >= 15 is 0 Å². The summed E-state index contributed by atoms with van der Waals surface area (Å²) in [5.41, 5.74) is 0.913. The summed E-state index contributed by atoms with van der Waals surface area (Å²) in [7, 11) is 0. The molecule has 0 aromatic heterocycles. The van der Waals surface area contributed by atoms with Crippen molar-refractivity contribution in [1.29, 1.82) is 0 Å². The lowest BCUT2D eigenvalue weighted by atomic mass is 9.85. The van der Waals surface area contributed by atoms with E-state index < -0.39 is 0 Å². The fraction of sp³-hybridized carbons (Fsp3) is 0.833. The summed E-state index contributed by atoms with van der Waals surface area (Å²) in [6.07, 6.45) is 8.81. The SMILES string of the molecule is C=C(C)[C@H](O)CCC1CCCCC1. The highest BCUT2D eigenvalue weighted by molar-refractivity contribution is 4.96. The van der Waals surface area contributed by atoms with Crippen LogP contribution in [0, 0.1) is 5.92 Å². The van der Waals surface area contributed by atoms with Crippen molar-refractivity contribution in [3.63, 3.8) is 0 Å². The Morgan fingerprint density at radius 1 is 1.38 bits per heavy atom. The van der Waals surface area contributed by atoms with Gasteiger partial charge in [0, 0.05) is 0 Å². The van der Waals surface area contributed by atoms with Crippen LogP contribution in [0.2, 0.25) is 0 Å². The van der Waals surface area contributed by atoms with Crippen molar-refractivity contribution < 1.29 is 5.11 Å². The van der Waals surface area contributed by atoms with Gasteiger partial charge in [0.2, 0.25) is 0 Å². The highest BCUT2D eigenvalue weighted by Crippen LogP contribution is 2.28. The van der Waals surface area contributed by atoms with Crippen molar-refractivity contribution in [2.24, 2.45) is 5.92 Å². The monoisotopic (exact) mass is 182 g/mol. The third-order valence-electron chi connectivity index (χ3n) is 3.14. The fourth-order valence-electron chi connectivity index (χ4n) is 2.12. The van der Waals surface area contributed by atoms with Crippen LogP contribution < -0.4 is 0 Å². The third-order valence-corrected chi connectivity index (χ3v) is 3.14. The minimum Gasteiger partial charge on any atom is -0.389 e. The van der Waals surface area contributed by atoms with Crippen LogP contribution in [0.4, 0.5) is 0 Å². The molecule has 0 aliphatic heterocycles. The molecule has 0 spiro atoms. The first-order chi connectivity index (χ1) is 6.20. The van der Waals surface area contributed by atoms with E-state index in [9.17, 15) is 5.11 Å². The van der Waals surface area contributed by atoms with Crippen LogP contribution in [-0.4, -0.2) is 11.2 Å². The molecular weight excluding hydrogens is 160 g/mol. The van der Waals surface area contributed by atoms with Crippen molar-refractivity contribution >= 4 is 0 Å². The third kappa shape index (κ3) is 3.95. The Morgan fingerprint density at radius 3 is 2.54 bits per heavy atom. The van der Waals surface area contributed by atoms with Crippen LogP contribution in [-0.2, 0) is 0 Å². The van der Waals surface area contributed by atoms with E-state index in [1.165, 1.54) is 38.5 Å². The van der Waals surface area contributed by atoms with E-state index in [1.54, 1.807) is 0 Å². The molecule has 0 bridgehead atoms. The molecule has 1 aliphatic carbocycles. The standard InChI is InChI=1S/C12H22O/c1-10(2)12(13)9-8-11-6-4-3-5-7-11/h11-13H,1,3-9H2,2H3/t12-/m1/s1. The number of hydrogen-bond donors (Lipinski definition) is 1. The van der Waals surface area contributed by atoms with Crippen molar-refractivity contribution in [3.05, 3.63) is 12.2 Å². The molecule has 0 aromatic rings. The second-order valence-corrected chi connectivity index (χ2v) is 4.44. The van der Waals surface area contributed by atoms with Crippen LogP contribution in [0.3, 0.4) is 0 Å². The van der Waals surface area contributed by atoms with Crippen molar-refractivity contribution in [2.45, 2.75) is 58.0 Å². The minimum atomic E-state index is -0.262. The summed E-state index contributed by atoms with van der Waals surface area (Å²) in [6, 6.07) is 0. The first-order valence-electron chi connectivity index (χ1n) is 5.53. The van der Waals surface area contributed by atoms with Gasteiger partial charge in [0.15, 0.2) is 0 Å². The van der Waals surface area contributed by atoms with Crippen molar-refractivity contribution in [3.8, 4) is 0 Å². The van der Waals surface area contributed by atoms with E-state index in [0.717, 1.165) is 17.9 Å². The number of aliphatic hydroxyl groups is 1. The van der Waals surface area contributed by atoms with Gasteiger partial charge in [-0.3, -0.25) is 0 Å². The molecule has 1 fully saturated rings. The summed E-state index contributed by atoms with van der Waals surface area (Å²) < 4.78 is 0. The molecule has 1 heteroatoms. The summed E-state index contributed by atoms with van der Waals surface area (Å²) in [6.45, 7) is 5.68. The number of aliphatic hydroxyl groups excluding tert-OH is 1. The van der Waals surface area contributed by atoms with Crippen molar-refractivity contribution in [1.82, 2.24) is 0 Å². The van der Waals surface area contributed by atoms with Gasteiger partial charge in [-0.25, -0.2) is 0 Å². The zero-order valence-electron chi connectivity index (χ0n) is 8.76. The molecule has 0 amide bonds. The molecule has 76 valence electrons. The highest BCUT2D eigenvalue weighted by atomic mass is 16.3. The highest BCUT2D eigenvalue weighted by Gasteiger charge is 2.15. The summed E-state index contributed by atoms with van der Waals surface area (Å²) in [4.78, 5) is 0. The maximum atomic E-state index is 9.56. The van der Waals surface area contributed by atoms with E-state index in [4.69, 9.17) is 0 Å². The van der Waals surface area contributed by atoms with Gasteiger partial charge in [-0.2, -0.15) is 0 Å². The van der Waals surface area contributed by atoms with E-state index in [-0.39, 0.29) is 6.10 Å². The Balaban J connectivity index is 2.13. The minimum absolute atomic E-state index is 0.262. The second-order valence-electron chi connectivity index (χ2n) is 4.44. The maximum absolute atomic E-state index is 9.56. The lowest BCUT2D eigenvalue weighted by Gasteiger charge is -2.22. The largest absolute Gasteiger partial charge is 0.389 e. The van der Waals surface area contributed by atoms with Gasteiger partial charge in [-0.15, -0.1) is 0 Å². The van der Waals surface area contributed by atoms with E-state index in [0.29, 0.717) is 0 Å². The molecule has 1 aliphatic rings. The molecule has 1 nitrogen and oxygen atoms in total. The van der Waals surface area contributed by atoms with Gasteiger partial charge >= 0.3 is 0 Å². The summed E-state index contributed by atoms with van der Waals surface area (Å²) in [5, 5.41) is 9.56. The van der Waals surface area contributed by atoms with Gasteiger partial charge in [-0.1, -0.05) is 44.3 Å². The Morgan fingerprint density at radius 2 is 2.00 bits per heavy atom. The predicted octanol–water partition coefficient (Wildman–Crippen LogP) is 3.28. The molecule has 1 saturated carbocycles. The first-order valence-corrected chi connectivity index (χ1v) is 5.53. The molecule has 13 heavy (non-hydrogen) atoms. The van der Waals surface area contributed by atoms with Gasteiger partial charge in [0.25, 0.3) is 0 Å². The van der Waals surface area contributed by atoms with Crippen LogP contribution in [0.25, 0.3) is 0 Å². The van der Waals surface area contributed by atoms with Crippen LogP contribution >= 0.6 is 0 Å². The Labute approximate surface area is 81.9 Å². The molecule has 1 rings (SSSR count). The van der Waals surface area contributed by atoms with E-state index in [1.807, 2.05) is 6.92 Å². The molecule has 0 radical (unpaired) electrons. The summed E-state index contributed by atoms with van der Waals surface area (Å²) >= 11 is 0. The average molecular weight is 182 g/mol. The normalized spacial score (nSPS) is 21.4. The molecule has 1 N–H and O–H groups in total. The van der Waals surface area contributed by atoms with Crippen molar-refractivity contribution in [2.75, 3.05) is 0 Å². The van der Waals surface area contributed by atoms with Gasteiger partial charge in [0.1, 0.15) is 0 Å². The molecular formula is C12H22O. The molecule has 1 atom stereocenters.